The zero-order valence-electron chi connectivity index (χ0n) is 19.2. The molecule has 0 aliphatic heterocycles. The van der Waals surface area contributed by atoms with Gasteiger partial charge in [0.05, 0.1) is 5.56 Å². The van der Waals surface area contributed by atoms with E-state index in [4.69, 9.17) is 10.1 Å². The van der Waals surface area contributed by atoms with Gasteiger partial charge in [-0.15, -0.1) is 6.58 Å². The number of rotatable bonds is 10. The van der Waals surface area contributed by atoms with Crippen LogP contribution in [0.25, 0.3) is 11.1 Å². The number of aromatic nitrogens is 3. The summed E-state index contributed by atoms with van der Waals surface area (Å²) in [7, 11) is 0. The summed E-state index contributed by atoms with van der Waals surface area (Å²) in [5, 5.41) is 14.3. The number of hydrogen-bond donors (Lipinski definition) is 1. The Hall–Kier alpha value is -3.21. The Labute approximate surface area is 196 Å². The van der Waals surface area contributed by atoms with Gasteiger partial charge >= 0.3 is 5.97 Å². The highest BCUT2D eigenvalue weighted by atomic mass is 16.4. The van der Waals surface area contributed by atoms with E-state index in [0.717, 1.165) is 53.6 Å². The Morgan fingerprint density at radius 2 is 1.85 bits per heavy atom. The fraction of sp³-hybridized carbons (Fsp3) is 0.393. The van der Waals surface area contributed by atoms with Crippen molar-refractivity contribution in [3.63, 3.8) is 0 Å². The van der Waals surface area contributed by atoms with Crippen LogP contribution >= 0.6 is 0 Å². The van der Waals surface area contributed by atoms with Gasteiger partial charge in [-0.05, 0) is 41.5 Å². The number of aryl methyl sites for hydroxylation is 2. The van der Waals surface area contributed by atoms with E-state index in [1.165, 1.54) is 38.5 Å². The molecule has 1 fully saturated rings. The smallest absolute Gasteiger partial charge is 0.336 e. The van der Waals surface area contributed by atoms with Gasteiger partial charge in [-0.25, -0.2) is 14.5 Å². The van der Waals surface area contributed by atoms with Crippen LogP contribution in [0.5, 0.6) is 0 Å². The molecule has 33 heavy (non-hydrogen) atoms. The summed E-state index contributed by atoms with van der Waals surface area (Å²) in [5.41, 5.74) is 3.09. The molecule has 1 aliphatic carbocycles. The van der Waals surface area contributed by atoms with Crippen LogP contribution in [-0.4, -0.2) is 25.8 Å². The van der Waals surface area contributed by atoms with E-state index in [9.17, 15) is 9.90 Å². The quantitative estimate of drug-likeness (QED) is 0.372. The highest BCUT2D eigenvalue weighted by Crippen LogP contribution is 2.27. The first-order valence-electron chi connectivity index (χ1n) is 12.1. The first-order valence-corrected chi connectivity index (χ1v) is 12.1. The normalized spacial score (nSPS) is 14.3. The van der Waals surface area contributed by atoms with Gasteiger partial charge < -0.3 is 5.11 Å². The van der Waals surface area contributed by atoms with Gasteiger partial charge in [0.1, 0.15) is 5.82 Å². The van der Waals surface area contributed by atoms with Gasteiger partial charge in [0, 0.05) is 19.4 Å². The predicted molar refractivity (Wildman–Crippen MR) is 131 cm³/mol. The van der Waals surface area contributed by atoms with E-state index in [1.54, 1.807) is 12.1 Å². The molecular weight excluding hydrogens is 410 g/mol. The predicted octanol–water partition coefficient (Wildman–Crippen LogP) is 6.32. The summed E-state index contributed by atoms with van der Waals surface area (Å²) < 4.78 is 2.03. The second-order valence-corrected chi connectivity index (χ2v) is 9.01. The molecular formula is C28H33N3O2. The second-order valence-electron chi connectivity index (χ2n) is 9.01. The molecule has 1 saturated carbocycles. The highest BCUT2D eigenvalue weighted by molar-refractivity contribution is 5.95. The summed E-state index contributed by atoms with van der Waals surface area (Å²) in [5.74, 6) is 1.84. The Morgan fingerprint density at radius 3 is 2.58 bits per heavy atom. The molecule has 1 N–H and O–H groups in total. The van der Waals surface area contributed by atoms with Crippen molar-refractivity contribution in [2.24, 2.45) is 5.92 Å². The van der Waals surface area contributed by atoms with E-state index in [2.05, 4.69) is 18.7 Å². The van der Waals surface area contributed by atoms with Gasteiger partial charge in [-0.3, -0.25) is 0 Å². The maximum absolute atomic E-state index is 11.6. The van der Waals surface area contributed by atoms with Crippen LogP contribution in [0.15, 0.2) is 61.2 Å². The second kappa shape index (κ2) is 11.1. The summed E-state index contributed by atoms with van der Waals surface area (Å²) in [4.78, 5) is 16.5. The number of carboxylic acid groups (broad SMARTS) is 1. The van der Waals surface area contributed by atoms with Crippen molar-refractivity contribution in [3.05, 3.63) is 84.0 Å². The summed E-state index contributed by atoms with van der Waals surface area (Å²) >= 11 is 0. The van der Waals surface area contributed by atoms with E-state index in [0.29, 0.717) is 12.0 Å². The third-order valence-corrected chi connectivity index (χ3v) is 6.62. The Morgan fingerprint density at radius 1 is 1.09 bits per heavy atom. The van der Waals surface area contributed by atoms with Crippen LogP contribution in [-0.2, 0) is 19.4 Å². The molecule has 1 heterocycles. The number of nitrogens with zero attached hydrogens (tertiary/aromatic N) is 3. The lowest BCUT2D eigenvalue weighted by atomic mass is 9.86. The molecule has 0 atom stereocenters. The molecule has 1 aromatic heterocycles. The molecule has 0 saturated heterocycles. The number of carboxylic acids is 1. The van der Waals surface area contributed by atoms with E-state index >= 15 is 0 Å². The minimum atomic E-state index is -0.911. The highest BCUT2D eigenvalue weighted by Gasteiger charge is 2.16. The maximum Gasteiger partial charge on any atom is 0.336 e. The molecule has 5 heteroatoms. The zero-order chi connectivity index (χ0) is 23.0. The van der Waals surface area contributed by atoms with E-state index < -0.39 is 5.97 Å². The number of benzene rings is 2. The van der Waals surface area contributed by atoms with Gasteiger partial charge in [0.15, 0.2) is 5.82 Å². The van der Waals surface area contributed by atoms with Crippen LogP contribution in [0, 0.1) is 5.92 Å². The van der Waals surface area contributed by atoms with Crippen molar-refractivity contribution >= 4 is 5.97 Å². The SMILES string of the molecule is C=CCCn1nc(CCC2CCCCC2)nc1Cc1ccc(-c2ccccc2C(=O)O)cc1. The van der Waals surface area contributed by atoms with E-state index in [1.807, 2.05) is 35.0 Å². The number of hydrogen-bond acceptors (Lipinski definition) is 3. The molecule has 0 bridgehead atoms. The molecule has 0 amide bonds. The van der Waals surface area contributed by atoms with Crippen molar-refractivity contribution in [1.82, 2.24) is 14.8 Å². The van der Waals surface area contributed by atoms with Crippen LogP contribution < -0.4 is 0 Å². The Bertz CT molecular complexity index is 1080. The average molecular weight is 444 g/mol. The largest absolute Gasteiger partial charge is 0.478 e. The van der Waals surface area contributed by atoms with Crippen LogP contribution in [0.2, 0.25) is 0 Å². The molecule has 0 spiro atoms. The fourth-order valence-electron chi connectivity index (χ4n) is 4.77. The van der Waals surface area contributed by atoms with E-state index in [-0.39, 0.29) is 0 Å². The molecule has 0 unspecified atom stereocenters. The third kappa shape index (κ3) is 5.98. The lowest BCUT2D eigenvalue weighted by Crippen LogP contribution is -2.08. The van der Waals surface area contributed by atoms with Crippen LogP contribution in [0.4, 0.5) is 0 Å². The van der Waals surface area contributed by atoms with Gasteiger partial charge in [-0.2, -0.15) is 5.10 Å². The van der Waals surface area contributed by atoms with Crippen molar-refractivity contribution in [2.75, 3.05) is 0 Å². The third-order valence-electron chi connectivity index (χ3n) is 6.62. The zero-order valence-corrected chi connectivity index (χ0v) is 19.2. The lowest BCUT2D eigenvalue weighted by Gasteiger charge is -2.20. The van der Waals surface area contributed by atoms with Gasteiger partial charge in [0.25, 0.3) is 0 Å². The molecule has 2 aromatic carbocycles. The topological polar surface area (TPSA) is 68.0 Å². The summed E-state index contributed by atoms with van der Waals surface area (Å²) in [6.45, 7) is 4.64. The summed E-state index contributed by atoms with van der Waals surface area (Å²) in [6.07, 6.45) is 12.4. The molecule has 1 aliphatic rings. The molecule has 3 aromatic rings. The number of aromatic carboxylic acids is 1. The Kier molecular flexibility index (Phi) is 7.71. The first-order chi connectivity index (χ1) is 16.1. The van der Waals surface area contributed by atoms with Crippen molar-refractivity contribution in [1.29, 1.82) is 0 Å². The van der Waals surface area contributed by atoms with Crippen LogP contribution in [0.3, 0.4) is 0 Å². The molecule has 0 radical (unpaired) electrons. The average Bonchev–Trinajstić information content (AvgIpc) is 3.24. The molecule has 172 valence electrons. The minimum Gasteiger partial charge on any atom is -0.478 e. The monoisotopic (exact) mass is 443 g/mol. The summed E-state index contributed by atoms with van der Waals surface area (Å²) in [6, 6.07) is 15.2. The Balaban J connectivity index is 1.48. The van der Waals surface area contributed by atoms with Crippen LogP contribution in [0.1, 0.15) is 72.5 Å². The molecule has 5 nitrogen and oxygen atoms in total. The first kappa shape index (κ1) is 23.0. The molecule has 4 rings (SSSR count). The van der Waals surface area contributed by atoms with Gasteiger partial charge in [-0.1, -0.05) is 80.6 Å². The number of allylic oxidation sites excluding steroid dienone is 1. The van der Waals surface area contributed by atoms with Crippen molar-refractivity contribution in [2.45, 2.75) is 64.3 Å². The van der Waals surface area contributed by atoms with Crippen molar-refractivity contribution < 1.29 is 9.90 Å². The maximum atomic E-state index is 11.6. The van der Waals surface area contributed by atoms with Crippen molar-refractivity contribution in [3.8, 4) is 11.1 Å². The fourth-order valence-corrected chi connectivity index (χ4v) is 4.77. The number of carbonyl (C=O) groups is 1. The standard InChI is InChI=1S/C28H33N3O2/c1-2-3-19-31-27(29-26(30-31)18-15-21-9-5-4-6-10-21)20-22-13-16-23(17-14-22)24-11-7-8-12-25(24)28(32)33/h2,7-8,11-14,16-17,21H,1,3-6,9-10,15,18-20H2,(H,32,33). The minimum absolute atomic E-state index is 0.317. The lowest BCUT2D eigenvalue weighted by molar-refractivity contribution is 0.0697. The van der Waals surface area contributed by atoms with Gasteiger partial charge in [0.2, 0.25) is 0 Å².